The van der Waals surface area contributed by atoms with E-state index in [4.69, 9.17) is 5.14 Å². The molecule has 0 bridgehead atoms. The molecular formula is C14H14FN3O3S. The van der Waals surface area contributed by atoms with Gasteiger partial charge in [-0.1, -0.05) is 0 Å². The molecule has 116 valence electrons. The van der Waals surface area contributed by atoms with Crippen LogP contribution in [0.15, 0.2) is 47.4 Å². The van der Waals surface area contributed by atoms with Crippen LogP contribution in [0.3, 0.4) is 0 Å². The first kappa shape index (κ1) is 15.9. The molecule has 2 rings (SSSR count). The van der Waals surface area contributed by atoms with Gasteiger partial charge in [0.2, 0.25) is 10.0 Å². The van der Waals surface area contributed by atoms with E-state index in [0.29, 0.717) is 16.9 Å². The highest BCUT2D eigenvalue weighted by Crippen LogP contribution is 2.17. The molecule has 2 aromatic rings. The minimum atomic E-state index is -3.77. The Kier molecular flexibility index (Phi) is 4.43. The zero-order chi connectivity index (χ0) is 16.3. The molecule has 0 aliphatic rings. The number of aryl methyl sites for hydroxylation is 1. The van der Waals surface area contributed by atoms with Crippen molar-refractivity contribution >= 4 is 27.4 Å². The molecule has 0 aliphatic heterocycles. The first-order valence-corrected chi connectivity index (χ1v) is 7.77. The van der Waals surface area contributed by atoms with Crippen LogP contribution in [0.5, 0.6) is 0 Å². The first-order valence-electron chi connectivity index (χ1n) is 6.23. The molecule has 6 nitrogen and oxygen atoms in total. The van der Waals surface area contributed by atoms with E-state index in [2.05, 4.69) is 10.6 Å². The van der Waals surface area contributed by atoms with Gasteiger partial charge in [-0.05, 0) is 55.0 Å². The zero-order valence-corrected chi connectivity index (χ0v) is 12.4. The molecule has 0 atom stereocenters. The number of carbonyl (C=O) groups excluding carboxylic acids is 1. The van der Waals surface area contributed by atoms with E-state index >= 15 is 0 Å². The molecule has 0 saturated carbocycles. The van der Waals surface area contributed by atoms with Crippen molar-refractivity contribution in [2.45, 2.75) is 11.8 Å². The SMILES string of the molecule is Cc1cc(F)ccc1NC(=O)Nc1ccc(S(N)(=O)=O)cc1. The second kappa shape index (κ2) is 6.12. The van der Waals surface area contributed by atoms with Gasteiger partial charge >= 0.3 is 6.03 Å². The van der Waals surface area contributed by atoms with Gasteiger partial charge in [0, 0.05) is 11.4 Å². The normalized spacial score (nSPS) is 11.0. The summed E-state index contributed by atoms with van der Waals surface area (Å²) in [5.74, 6) is -0.387. The number of amides is 2. The Hall–Kier alpha value is -2.45. The lowest BCUT2D eigenvalue weighted by Gasteiger charge is -2.10. The van der Waals surface area contributed by atoms with Gasteiger partial charge in [0.15, 0.2) is 0 Å². The largest absolute Gasteiger partial charge is 0.323 e. The maximum absolute atomic E-state index is 13.0. The van der Waals surface area contributed by atoms with Gasteiger partial charge in [-0.15, -0.1) is 0 Å². The summed E-state index contributed by atoms with van der Waals surface area (Å²) in [6, 6.07) is 8.86. The molecule has 0 heterocycles. The third kappa shape index (κ3) is 4.03. The number of urea groups is 1. The lowest BCUT2D eigenvalue weighted by Crippen LogP contribution is -2.20. The fourth-order valence-electron chi connectivity index (χ4n) is 1.78. The van der Waals surface area contributed by atoms with Gasteiger partial charge in [0.25, 0.3) is 0 Å². The van der Waals surface area contributed by atoms with Gasteiger partial charge < -0.3 is 10.6 Å². The summed E-state index contributed by atoms with van der Waals surface area (Å²) in [5, 5.41) is 10.1. The van der Waals surface area contributed by atoms with Crippen LogP contribution < -0.4 is 15.8 Å². The van der Waals surface area contributed by atoms with Crippen molar-refractivity contribution in [1.29, 1.82) is 0 Å². The molecular weight excluding hydrogens is 309 g/mol. The van der Waals surface area contributed by atoms with Crippen LogP contribution in [0.25, 0.3) is 0 Å². The number of sulfonamides is 1. The van der Waals surface area contributed by atoms with Crippen molar-refractivity contribution in [2.75, 3.05) is 10.6 Å². The second-order valence-electron chi connectivity index (χ2n) is 4.61. The Labute approximate surface area is 127 Å². The van der Waals surface area contributed by atoms with Crippen LogP contribution in [-0.4, -0.2) is 14.4 Å². The molecule has 0 aromatic heterocycles. The van der Waals surface area contributed by atoms with E-state index < -0.39 is 16.1 Å². The molecule has 4 N–H and O–H groups in total. The number of halogens is 1. The first-order chi connectivity index (χ1) is 10.3. The molecule has 2 aromatic carbocycles. The fraction of sp³-hybridized carbons (Fsp3) is 0.0714. The van der Waals surface area contributed by atoms with Crippen molar-refractivity contribution < 1.29 is 17.6 Å². The van der Waals surface area contributed by atoms with E-state index in [1.807, 2.05) is 0 Å². The van der Waals surface area contributed by atoms with Crippen molar-refractivity contribution in [1.82, 2.24) is 0 Å². The molecule has 0 fully saturated rings. The number of hydrogen-bond acceptors (Lipinski definition) is 3. The molecule has 8 heteroatoms. The Morgan fingerprint density at radius 1 is 1.09 bits per heavy atom. The minimum Gasteiger partial charge on any atom is -0.308 e. The standard InChI is InChI=1S/C14H14FN3O3S/c1-9-8-10(15)2-7-13(9)18-14(19)17-11-3-5-12(6-4-11)22(16,20)21/h2-8H,1H3,(H2,16,20,21)(H2,17,18,19). The highest BCUT2D eigenvalue weighted by atomic mass is 32.2. The van der Waals surface area contributed by atoms with Crippen molar-refractivity contribution in [3.8, 4) is 0 Å². The third-order valence-corrected chi connectivity index (χ3v) is 3.81. The minimum absolute atomic E-state index is 0.0483. The second-order valence-corrected chi connectivity index (χ2v) is 6.17. The highest BCUT2D eigenvalue weighted by molar-refractivity contribution is 7.89. The van der Waals surface area contributed by atoms with Crippen LogP contribution in [0.2, 0.25) is 0 Å². The van der Waals surface area contributed by atoms with Crippen LogP contribution in [0.1, 0.15) is 5.56 Å². The summed E-state index contributed by atoms with van der Waals surface area (Å²) in [5.41, 5.74) is 1.45. The number of anilines is 2. The number of benzene rings is 2. The molecule has 0 radical (unpaired) electrons. The van der Waals surface area contributed by atoms with E-state index in [0.717, 1.165) is 0 Å². The maximum Gasteiger partial charge on any atom is 0.323 e. The third-order valence-electron chi connectivity index (χ3n) is 2.88. The number of carbonyl (C=O) groups is 1. The van der Waals surface area contributed by atoms with E-state index in [-0.39, 0.29) is 10.7 Å². The molecule has 0 unspecified atom stereocenters. The van der Waals surface area contributed by atoms with E-state index in [9.17, 15) is 17.6 Å². The topological polar surface area (TPSA) is 101 Å². The van der Waals surface area contributed by atoms with Gasteiger partial charge in [0.1, 0.15) is 5.82 Å². The number of nitrogens with two attached hydrogens (primary N) is 1. The van der Waals surface area contributed by atoms with Crippen molar-refractivity contribution in [2.24, 2.45) is 5.14 Å². The smallest absolute Gasteiger partial charge is 0.308 e. The van der Waals surface area contributed by atoms with Gasteiger partial charge in [-0.3, -0.25) is 0 Å². The summed E-state index contributed by atoms with van der Waals surface area (Å²) in [7, 11) is -3.77. The predicted molar refractivity (Wildman–Crippen MR) is 81.6 cm³/mol. The summed E-state index contributed by atoms with van der Waals surface area (Å²) in [4.78, 5) is 11.8. The summed E-state index contributed by atoms with van der Waals surface area (Å²) >= 11 is 0. The lowest BCUT2D eigenvalue weighted by molar-refractivity contribution is 0.262. The fourth-order valence-corrected chi connectivity index (χ4v) is 2.30. The van der Waals surface area contributed by atoms with Crippen LogP contribution in [-0.2, 0) is 10.0 Å². The Morgan fingerprint density at radius 2 is 1.73 bits per heavy atom. The number of hydrogen-bond donors (Lipinski definition) is 3. The summed E-state index contributed by atoms with van der Waals surface area (Å²) in [6.45, 7) is 1.67. The molecule has 0 saturated heterocycles. The Bertz CT molecular complexity index is 805. The quantitative estimate of drug-likeness (QED) is 0.808. The molecule has 2 amide bonds. The highest BCUT2D eigenvalue weighted by Gasteiger charge is 2.09. The number of primary sulfonamides is 1. The number of rotatable bonds is 3. The average Bonchev–Trinajstić information content (AvgIpc) is 2.41. The maximum atomic E-state index is 13.0. The average molecular weight is 323 g/mol. The lowest BCUT2D eigenvalue weighted by atomic mass is 10.2. The summed E-state index contributed by atoms with van der Waals surface area (Å²) in [6.07, 6.45) is 0. The molecule has 0 spiro atoms. The predicted octanol–water partition coefficient (Wildman–Crippen LogP) is 2.43. The van der Waals surface area contributed by atoms with E-state index in [1.54, 1.807) is 6.92 Å². The number of nitrogens with one attached hydrogen (secondary N) is 2. The van der Waals surface area contributed by atoms with Crippen molar-refractivity contribution in [3.05, 3.63) is 53.8 Å². The zero-order valence-electron chi connectivity index (χ0n) is 11.6. The molecule has 0 aliphatic carbocycles. The van der Waals surface area contributed by atoms with Gasteiger partial charge in [-0.2, -0.15) is 0 Å². The molecule has 22 heavy (non-hydrogen) atoms. The Morgan fingerprint density at radius 3 is 2.27 bits per heavy atom. The monoisotopic (exact) mass is 323 g/mol. The van der Waals surface area contributed by atoms with Crippen LogP contribution in [0.4, 0.5) is 20.6 Å². The van der Waals surface area contributed by atoms with Gasteiger partial charge in [-0.25, -0.2) is 22.7 Å². The van der Waals surface area contributed by atoms with Crippen molar-refractivity contribution in [3.63, 3.8) is 0 Å². The van der Waals surface area contributed by atoms with E-state index in [1.165, 1.54) is 42.5 Å². The summed E-state index contributed by atoms with van der Waals surface area (Å²) < 4.78 is 35.2. The van der Waals surface area contributed by atoms with Gasteiger partial charge in [0.05, 0.1) is 4.90 Å². The van der Waals surface area contributed by atoms with Crippen LogP contribution in [0, 0.1) is 12.7 Å². The Balaban J connectivity index is 2.06. The van der Waals surface area contributed by atoms with Crippen LogP contribution >= 0.6 is 0 Å².